The molecule has 2 aliphatic rings. The van der Waals surface area contributed by atoms with Gasteiger partial charge >= 0.3 is 0 Å². The molecule has 0 N–H and O–H groups in total. The van der Waals surface area contributed by atoms with Crippen LogP contribution in [0.25, 0.3) is 0 Å². The molecular formula is C16H24N2O. The Morgan fingerprint density at radius 3 is 3.05 bits per heavy atom. The molecule has 2 unspecified atom stereocenters. The van der Waals surface area contributed by atoms with E-state index in [0.717, 1.165) is 6.04 Å². The highest BCUT2D eigenvalue weighted by molar-refractivity contribution is 5.50. The minimum absolute atomic E-state index is 0.604. The van der Waals surface area contributed by atoms with Crippen molar-refractivity contribution in [3.8, 4) is 0 Å². The molecule has 2 fully saturated rings. The van der Waals surface area contributed by atoms with Crippen LogP contribution in [0, 0.1) is 0 Å². The van der Waals surface area contributed by atoms with E-state index in [1.807, 2.05) is 0 Å². The van der Waals surface area contributed by atoms with Gasteiger partial charge in [-0.25, -0.2) is 0 Å². The molecule has 19 heavy (non-hydrogen) atoms. The molecule has 0 saturated carbocycles. The Bertz CT molecular complexity index is 435. The smallest absolute Gasteiger partial charge is 0.0713 e. The summed E-state index contributed by atoms with van der Waals surface area (Å²) in [4.78, 5) is 5.24. The van der Waals surface area contributed by atoms with Gasteiger partial charge in [-0.05, 0) is 44.0 Å². The highest BCUT2D eigenvalue weighted by Gasteiger charge is 2.34. The SMILES string of the molecule is COCc1cccc(N2CC3CCCN3CC2C)c1. The van der Waals surface area contributed by atoms with Crippen molar-refractivity contribution < 1.29 is 4.74 Å². The van der Waals surface area contributed by atoms with E-state index in [2.05, 4.69) is 41.0 Å². The van der Waals surface area contributed by atoms with E-state index < -0.39 is 0 Å². The number of nitrogens with zero attached hydrogens (tertiary/aromatic N) is 2. The van der Waals surface area contributed by atoms with Crippen molar-refractivity contribution in [3.63, 3.8) is 0 Å². The zero-order valence-electron chi connectivity index (χ0n) is 12.0. The summed E-state index contributed by atoms with van der Waals surface area (Å²) in [5.41, 5.74) is 2.62. The van der Waals surface area contributed by atoms with Gasteiger partial charge in [-0.15, -0.1) is 0 Å². The van der Waals surface area contributed by atoms with E-state index in [1.165, 1.54) is 43.7 Å². The summed E-state index contributed by atoms with van der Waals surface area (Å²) in [6.07, 6.45) is 2.73. The number of hydrogen-bond acceptors (Lipinski definition) is 3. The summed E-state index contributed by atoms with van der Waals surface area (Å²) >= 11 is 0. The molecule has 3 heteroatoms. The number of fused-ring (bicyclic) bond motifs is 1. The lowest BCUT2D eigenvalue weighted by atomic mass is 10.1. The van der Waals surface area contributed by atoms with Crippen molar-refractivity contribution in [2.45, 2.75) is 38.5 Å². The third kappa shape index (κ3) is 2.63. The Labute approximate surface area is 116 Å². The molecule has 104 valence electrons. The largest absolute Gasteiger partial charge is 0.380 e. The molecule has 2 heterocycles. The van der Waals surface area contributed by atoms with Gasteiger partial charge in [0.05, 0.1) is 6.61 Å². The van der Waals surface area contributed by atoms with Gasteiger partial charge in [-0.3, -0.25) is 4.90 Å². The summed E-state index contributed by atoms with van der Waals surface area (Å²) in [7, 11) is 1.76. The Balaban J connectivity index is 1.78. The highest BCUT2D eigenvalue weighted by atomic mass is 16.5. The second kappa shape index (κ2) is 5.51. The molecule has 2 aliphatic heterocycles. The van der Waals surface area contributed by atoms with E-state index in [4.69, 9.17) is 4.74 Å². The quantitative estimate of drug-likeness (QED) is 0.830. The topological polar surface area (TPSA) is 15.7 Å². The third-order valence-corrected chi connectivity index (χ3v) is 4.49. The van der Waals surface area contributed by atoms with Gasteiger partial charge in [-0.1, -0.05) is 12.1 Å². The average Bonchev–Trinajstić information content (AvgIpc) is 2.85. The van der Waals surface area contributed by atoms with Crippen LogP contribution in [0.1, 0.15) is 25.3 Å². The first-order chi connectivity index (χ1) is 9.28. The fourth-order valence-electron chi connectivity index (χ4n) is 3.54. The summed E-state index contributed by atoms with van der Waals surface area (Å²) in [6, 6.07) is 10.2. The molecular weight excluding hydrogens is 236 g/mol. The van der Waals surface area contributed by atoms with Crippen molar-refractivity contribution in [3.05, 3.63) is 29.8 Å². The van der Waals surface area contributed by atoms with Crippen LogP contribution in [0.4, 0.5) is 5.69 Å². The van der Waals surface area contributed by atoms with E-state index >= 15 is 0 Å². The summed E-state index contributed by atoms with van der Waals surface area (Å²) in [5, 5.41) is 0. The zero-order valence-corrected chi connectivity index (χ0v) is 12.0. The normalized spacial score (nSPS) is 27.6. The van der Waals surface area contributed by atoms with E-state index in [0.29, 0.717) is 12.6 Å². The van der Waals surface area contributed by atoms with Gasteiger partial charge in [-0.2, -0.15) is 0 Å². The van der Waals surface area contributed by atoms with Crippen molar-refractivity contribution in [1.82, 2.24) is 4.90 Å². The number of benzene rings is 1. The first kappa shape index (κ1) is 12.9. The van der Waals surface area contributed by atoms with E-state index in [9.17, 15) is 0 Å². The lowest BCUT2D eigenvalue weighted by Crippen LogP contribution is -2.55. The van der Waals surface area contributed by atoms with E-state index in [1.54, 1.807) is 7.11 Å². The van der Waals surface area contributed by atoms with Crippen LogP contribution in [-0.2, 0) is 11.3 Å². The molecule has 0 aromatic heterocycles. The lowest BCUT2D eigenvalue weighted by Gasteiger charge is -2.43. The van der Waals surface area contributed by atoms with Crippen LogP contribution in [0.5, 0.6) is 0 Å². The predicted molar refractivity (Wildman–Crippen MR) is 78.6 cm³/mol. The highest BCUT2D eigenvalue weighted by Crippen LogP contribution is 2.29. The minimum Gasteiger partial charge on any atom is -0.380 e. The van der Waals surface area contributed by atoms with Gasteiger partial charge < -0.3 is 9.64 Å². The first-order valence-corrected chi connectivity index (χ1v) is 7.36. The van der Waals surface area contributed by atoms with Crippen LogP contribution in [0.15, 0.2) is 24.3 Å². The minimum atomic E-state index is 0.604. The molecule has 0 radical (unpaired) electrons. The molecule has 1 aromatic carbocycles. The van der Waals surface area contributed by atoms with Crippen molar-refractivity contribution >= 4 is 5.69 Å². The van der Waals surface area contributed by atoms with Gasteiger partial charge in [0.25, 0.3) is 0 Å². The molecule has 0 bridgehead atoms. The third-order valence-electron chi connectivity index (χ3n) is 4.49. The lowest BCUT2D eigenvalue weighted by molar-refractivity contribution is 0.184. The van der Waals surface area contributed by atoms with Crippen LogP contribution >= 0.6 is 0 Å². The molecule has 0 amide bonds. The first-order valence-electron chi connectivity index (χ1n) is 7.36. The van der Waals surface area contributed by atoms with Crippen LogP contribution in [-0.4, -0.2) is 43.7 Å². The number of ether oxygens (including phenoxy) is 1. The van der Waals surface area contributed by atoms with Gasteiger partial charge in [0.1, 0.15) is 0 Å². The monoisotopic (exact) mass is 260 g/mol. The second-order valence-corrected chi connectivity index (χ2v) is 5.90. The molecule has 0 aliphatic carbocycles. The predicted octanol–water partition coefficient (Wildman–Crippen LogP) is 2.51. The number of hydrogen-bond donors (Lipinski definition) is 0. The number of piperazine rings is 1. The van der Waals surface area contributed by atoms with Crippen LogP contribution in [0.2, 0.25) is 0 Å². The molecule has 3 nitrogen and oxygen atoms in total. The number of rotatable bonds is 3. The molecule has 1 aromatic rings. The molecule has 0 spiro atoms. The van der Waals surface area contributed by atoms with Crippen LogP contribution in [0.3, 0.4) is 0 Å². The van der Waals surface area contributed by atoms with Gasteiger partial charge in [0.2, 0.25) is 0 Å². The Kier molecular flexibility index (Phi) is 3.76. The van der Waals surface area contributed by atoms with Gasteiger partial charge in [0.15, 0.2) is 0 Å². The Hall–Kier alpha value is -1.06. The summed E-state index contributed by atoms with van der Waals surface area (Å²) in [5.74, 6) is 0. The van der Waals surface area contributed by atoms with Crippen molar-refractivity contribution in [2.75, 3.05) is 31.6 Å². The number of methoxy groups -OCH3 is 1. The van der Waals surface area contributed by atoms with Gasteiger partial charge in [0, 0.05) is 38.0 Å². The standard InChI is InChI=1S/C16H24N2O/c1-13-10-17-8-4-7-16(17)11-18(13)15-6-3-5-14(9-15)12-19-2/h3,5-6,9,13,16H,4,7-8,10-12H2,1-2H3. The summed E-state index contributed by atoms with van der Waals surface area (Å²) < 4.78 is 5.24. The fourth-order valence-corrected chi connectivity index (χ4v) is 3.54. The Morgan fingerprint density at radius 2 is 2.21 bits per heavy atom. The molecule has 2 atom stereocenters. The average molecular weight is 260 g/mol. The molecule has 3 rings (SSSR count). The number of anilines is 1. The van der Waals surface area contributed by atoms with Crippen molar-refractivity contribution in [1.29, 1.82) is 0 Å². The maximum absolute atomic E-state index is 5.24. The van der Waals surface area contributed by atoms with E-state index in [-0.39, 0.29) is 0 Å². The fraction of sp³-hybridized carbons (Fsp3) is 0.625. The maximum atomic E-state index is 5.24. The van der Waals surface area contributed by atoms with Crippen molar-refractivity contribution in [2.24, 2.45) is 0 Å². The van der Waals surface area contributed by atoms with Crippen LogP contribution < -0.4 is 4.90 Å². The summed E-state index contributed by atoms with van der Waals surface area (Å²) in [6.45, 7) is 6.73. The maximum Gasteiger partial charge on any atom is 0.0713 e. The Morgan fingerprint density at radius 1 is 1.32 bits per heavy atom. The molecule has 2 saturated heterocycles. The second-order valence-electron chi connectivity index (χ2n) is 5.90. The zero-order chi connectivity index (χ0) is 13.2.